The predicted molar refractivity (Wildman–Crippen MR) is 66.3 cm³/mol. The zero-order valence-electron chi connectivity index (χ0n) is 10.6. The van der Waals surface area contributed by atoms with Crippen LogP contribution in [0.25, 0.3) is 0 Å². The van der Waals surface area contributed by atoms with Gasteiger partial charge in [0, 0.05) is 25.7 Å². The van der Waals surface area contributed by atoms with E-state index in [1.54, 1.807) is 0 Å². The lowest BCUT2D eigenvalue weighted by Gasteiger charge is -2.19. The minimum atomic E-state index is -3.17. The van der Waals surface area contributed by atoms with Gasteiger partial charge < -0.3 is 20.9 Å². The lowest BCUT2D eigenvalue weighted by atomic mass is 10.2. The van der Waals surface area contributed by atoms with Crippen molar-refractivity contribution in [1.82, 2.24) is 14.9 Å². The number of aliphatic hydroxyl groups is 1. The molecule has 4 N–H and O–H groups in total. The topological polar surface area (TPSA) is 102 Å². The summed E-state index contributed by atoms with van der Waals surface area (Å²) in [5.74, 6) is -3.21. The van der Waals surface area contributed by atoms with Gasteiger partial charge in [-0.1, -0.05) is 0 Å². The van der Waals surface area contributed by atoms with Crippen LogP contribution in [-0.2, 0) is 4.74 Å². The summed E-state index contributed by atoms with van der Waals surface area (Å²) in [5, 5.41) is 11.4. The summed E-state index contributed by atoms with van der Waals surface area (Å²) < 4.78 is 33.8. The third-order valence-corrected chi connectivity index (χ3v) is 2.95. The van der Waals surface area contributed by atoms with Crippen LogP contribution in [0, 0.1) is 0 Å². The summed E-state index contributed by atoms with van der Waals surface area (Å²) in [4.78, 5) is 15.0. The van der Waals surface area contributed by atoms with Crippen LogP contribution in [0.15, 0.2) is 17.1 Å². The Labute approximate surface area is 113 Å². The van der Waals surface area contributed by atoms with E-state index in [9.17, 15) is 13.6 Å². The van der Waals surface area contributed by atoms with Gasteiger partial charge in [0.25, 0.3) is 5.92 Å². The van der Waals surface area contributed by atoms with Crippen LogP contribution in [0.1, 0.15) is 12.6 Å². The molecule has 0 amide bonds. The maximum Gasteiger partial charge on any atom is 0.351 e. The molecule has 0 aliphatic carbocycles. The van der Waals surface area contributed by atoms with Crippen molar-refractivity contribution in [2.75, 3.05) is 25.4 Å². The van der Waals surface area contributed by atoms with E-state index in [0.29, 0.717) is 6.54 Å². The highest BCUT2D eigenvalue weighted by Crippen LogP contribution is 2.41. The first kappa shape index (κ1) is 14.8. The Morgan fingerprint density at radius 1 is 1.65 bits per heavy atom. The van der Waals surface area contributed by atoms with Gasteiger partial charge in [0.15, 0.2) is 0 Å². The number of halogens is 2. The molecular weight excluding hydrogens is 274 g/mol. The summed E-state index contributed by atoms with van der Waals surface area (Å²) in [7, 11) is 0. The zero-order chi connectivity index (χ0) is 14.8. The number of aromatic nitrogens is 2. The van der Waals surface area contributed by atoms with Gasteiger partial charge in [-0.05, 0) is 6.07 Å². The first-order valence-corrected chi connectivity index (χ1v) is 6.13. The maximum absolute atomic E-state index is 13.9. The number of hydrogen-bond acceptors (Lipinski definition) is 6. The summed E-state index contributed by atoms with van der Waals surface area (Å²) in [6.07, 6.45) is -1.80. The molecule has 0 saturated carbocycles. The van der Waals surface area contributed by atoms with Crippen LogP contribution in [0.4, 0.5) is 14.6 Å². The van der Waals surface area contributed by atoms with Crippen LogP contribution < -0.4 is 16.7 Å². The fraction of sp³-hybridized carbons (Fsp3) is 0.636. The number of nitrogens with two attached hydrogens (primary N) is 1. The van der Waals surface area contributed by atoms with Crippen LogP contribution in [0.3, 0.4) is 0 Å². The molecule has 0 spiro atoms. The minimum absolute atomic E-state index is 0.0336. The molecule has 1 aliphatic rings. The van der Waals surface area contributed by atoms with Gasteiger partial charge in [0.05, 0.1) is 12.7 Å². The molecule has 7 nitrogen and oxygen atoms in total. The van der Waals surface area contributed by atoms with Crippen LogP contribution >= 0.6 is 0 Å². The van der Waals surface area contributed by atoms with E-state index in [-0.39, 0.29) is 19.0 Å². The van der Waals surface area contributed by atoms with E-state index in [0.717, 1.165) is 10.8 Å². The molecule has 0 radical (unpaired) electrons. The Morgan fingerprint density at radius 3 is 3.05 bits per heavy atom. The summed E-state index contributed by atoms with van der Waals surface area (Å²) in [6.45, 7) is 0.372. The summed E-state index contributed by atoms with van der Waals surface area (Å²) in [5.41, 5.74) is 4.44. The number of anilines is 1. The first-order chi connectivity index (χ1) is 9.44. The number of alkyl halides is 2. The van der Waals surface area contributed by atoms with Crippen LogP contribution in [0.2, 0.25) is 0 Å². The van der Waals surface area contributed by atoms with Crippen molar-refractivity contribution in [3.8, 4) is 0 Å². The second-order valence-electron chi connectivity index (χ2n) is 4.55. The van der Waals surface area contributed by atoms with Crippen molar-refractivity contribution in [1.29, 1.82) is 0 Å². The molecule has 2 rings (SSSR count). The van der Waals surface area contributed by atoms with E-state index in [2.05, 4.69) is 10.3 Å². The number of ether oxygens (including phenoxy) is 1. The number of rotatable bonds is 5. The fourth-order valence-corrected chi connectivity index (χ4v) is 2.07. The molecule has 1 saturated heterocycles. The quantitative estimate of drug-likeness (QED) is 0.622. The molecule has 0 unspecified atom stereocenters. The van der Waals surface area contributed by atoms with Crippen molar-refractivity contribution < 1.29 is 18.6 Å². The van der Waals surface area contributed by atoms with Crippen molar-refractivity contribution in [2.24, 2.45) is 0 Å². The van der Waals surface area contributed by atoms with E-state index in [1.807, 2.05) is 0 Å². The maximum atomic E-state index is 13.9. The molecular formula is C11H16F2N4O3. The molecule has 9 heteroatoms. The highest BCUT2D eigenvalue weighted by Gasteiger charge is 2.51. The van der Waals surface area contributed by atoms with Gasteiger partial charge >= 0.3 is 5.69 Å². The minimum Gasteiger partial charge on any atom is -0.395 e. The number of aliphatic hydroxyl groups excluding tert-OH is 1. The van der Waals surface area contributed by atoms with Gasteiger partial charge in [-0.15, -0.1) is 0 Å². The molecule has 0 bridgehead atoms. The average Bonchev–Trinajstić information content (AvgIpc) is 2.65. The second kappa shape index (κ2) is 5.81. The second-order valence-corrected chi connectivity index (χ2v) is 4.55. The largest absolute Gasteiger partial charge is 0.395 e. The van der Waals surface area contributed by atoms with E-state index in [1.165, 1.54) is 6.07 Å². The van der Waals surface area contributed by atoms with E-state index >= 15 is 0 Å². The van der Waals surface area contributed by atoms with Crippen molar-refractivity contribution >= 4 is 5.82 Å². The lowest BCUT2D eigenvalue weighted by molar-refractivity contribution is -0.116. The van der Waals surface area contributed by atoms with E-state index < -0.39 is 30.4 Å². The SMILES string of the molecule is Nc1ccn([C@@H]2O[C@H](CNCCO)CC2(F)F)c(=O)n1. The van der Waals surface area contributed by atoms with Crippen molar-refractivity contribution in [3.63, 3.8) is 0 Å². The molecule has 2 heterocycles. The predicted octanol–water partition coefficient (Wildman–Crippen LogP) is -0.670. The highest BCUT2D eigenvalue weighted by atomic mass is 19.3. The molecule has 1 fully saturated rings. The van der Waals surface area contributed by atoms with Gasteiger partial charge in [-0.2, -0.15) is 4.98 Å². The summed E-state index contributed by atoms with van der Waals surface area (Å²) >= 11 is 0. The fourth-order valence-electron chi connectivity index (χ4n) is 2.07. The zero-order valence-corrected chi connectivity index (χ0v) is 10.6. The summed E-state index contributed by atoms with van der Waals surface area (Å²) in [6, 6.07) is 1.26. The molecule has 1 aliphatic heterocycles. The third-order valence-electron chi connectivity index (χ3n) is 2.95. The monoisotopic (exact) mass is 290 g/mol. The molecule has 112 valence electrons. The normalized spacial score (nSPS) is 24.9. The van der Waals surface area contributed by atoms with Gasteiger partial charge in [0.1, 0.15) is 5.82 Å². The number of nitrogen functional groups attached to an aromatic ring is 1. The Kier molecular flexibility index (Phi) is 4.31. The molecule has 20 heavy (non-hydrogen) atoms. The Morgan fingerprint density at radius 2 is 2.40 bits per heavy atom. The van der Waals surface area contributed by atoms with Crippen LogP contribution in [0.5, 0.6) is 0 Å². The Bertz CT molecular complexity index is 523. The number of hydrogen-bond donors (Lipinski definition) is 3. The number of nitrogens with zero attached hydrogens (tertiary/aromatic N) is 2. The van der Waals surface area contributed by atoms with E-state index in [4.69, 9.17) is 15.6 Å². The van der Waals surface area contributed by atoms with Crippen molar-refractivity contribution in [3.05, 3.63) is 22.7 Å². The molecule has 1 aromatic rings. The average molecular weight is 290 g/mol. The standard InChI is InChI=1S/C11H16F2N4O3/c12-11(13)5-7(6-15-2-4-18)20-9(11)17-3-1-8(14)16-10(17)19/h1,3,7,9,15,18H,2,4-6H2,(H2,14,16,19)/t7-,9+/m0/s1. The third kappa shape index (κ3) is 3.11. The van der Waals surface area contributed by atoms with Crippen LogP contribution in [-0.4, -0.2) is 46.4 Å². The highest BCUT2D eigenvalue weighted by molar-refractivity contribution is 5.23. The Hall–Kier alpha value is -1.58. The number of nitrogens with one attached hydrogen (secondary N) is 1. The Balaban J connectivity index is 2.13. The van der Waals surface area contributed by atoms with Gasteiger partial charge in [0.2, 0.25) is 6.23 Å². The molecule has 1 aromatic heterocycles. The smallest absolute Gasteiger partial charge is 0.351 e. The van der Waals surface area contributed by atoms with Gasteiger partial charge in [-0.25, -0.2) is 13.6 Å². The van der Waals surface area contributed by atoms with Crippen molar-refractivity contribution in [2.45, 2.75) is 24.7 Å². The molecule has 0 aromatic carbocycles. The first-order valence-electron chi connectivity index (χ1n) is 6.13. The molecule has 2 atom stereocenters. The van der Waals surface area contributed by atoms with Gasteiger partial charge in [-0.3, -0.25) is 4.57 Å². The lowest BCUT2D eigenvalue weighted by Crippen LogP contribution is -2.35.